The Balaban J connectivity index is 2.14. The van der Waals surface area contributed by atoms with Crippen LogP contribution in [0.25, 0.3) is 0 Å². The van der Waals surface area contributed by atoms with Gasteiger partial charge in [-0.15, -0.1) is 0 Å². The van der Waals surface area contributed by atoms with Crippen molar-refractivity contribution in [3.05, 3.63) is 59.4 Å². The largest absolute Gasteiger partial charge is 0.395 e. The number of aliphatic hydroxyl groups excluding tert-OH is 1. The van der Waals surface area contributed by atoms with E-state index in [1.807, 2.05) is 30.3 Å². The Labute approximate surface area is 128 Å². The summed E-state index contributed by atoms with van der Waals surface area (Å²) in [4.78, 5) is 3.77. The molecule has 0 bridgehead atoms. The van der Waals surface area contributed by atoms with Gasteiger partial charge in [0, 0.05) is 12.2 Å². The maximum Gasteiger partial charge on any atom is 0.241 e. The molecule has 0 amide bonds. The van der Waals surface area contributed by atoms with Gasteiger partial charge in [-0.05, 0) is 24.1 Å². The lowest BCUT2D eigenvalue weighted by Crippen LogP contribution is -2.39. The molecule has 0 spiro atoms. The van der Waals surface area contributed by atoms with Crippen molar-refractivity contribution in [2.75, 3.05) is 6.61 Å². The van der Waals surface area contributed by atoms with Gasteiger partial charge in [0.15, 0.2) is 0 Å². The number of halogens is 1. The summed E-state index contributed by atoms with van der Waals surface area (Å²) in [6, 6.07) is 11.4. The predicted octanol–water partition coefficient (Wildman–Crippen LogP) is 1.62. The molecule has 112 valence electrons. The van der Waals surface area contributed by atoms with Crippen molar-refractivity contribution in [2.24, 2.45) is 0 Å². The van der Waals surface area contributed by atoms with E-state index in [4.69, 9.17) is 11.6 Å². The van der Waals surface area contributed by atoms with Crippen molar-refractivity contribution >= 4 is 21.6 Å². The smallest absolute Gasteiger partial charge is 0.241 e. The first-order valence-electron chi connectivity index (χ1n) is 6.30. The number of hydrogen-bond acceptors (Lipinski definition) is 4. The summed E-state index contributed by atoms with van der Waals surface area (Å²) < 4.78 is 26.9. The van der Waals surface area contributed by atoms with E-state index in [0.29, 0.717) is 6.42 Å². The van der Waals surface area contributed by atoms with E-state index >= 15 is 0 Å². The Bertz CT molecular complexity index is 692. The maximum absolute atomic E-state index is 12.2. The second kappa shape index (κ2) is 7.00. The van der Waals surface area contributed by atoms with Crippen LogP contribution in [0.1, 0.15) is 5.56 Å². The standard InChI is InChI=1S/C14H15ClN2O3S/c15-14-9-13(6-7-16-14)21(19,20)17-12(10-18)8-11-4-2-1-3-5-11/h1-7,9,12,17-18H,8,10H2/t12-/m0/s1. The van der Waals surface area contributed by atoms with Crippen LogP contribution in [0, 0.1) is 0 Å². The summed E-state index contributed by atoms with van der Waals surface area (Å²) >= 11 is 5.70. The second-order valence-corrected chi connectivity index (χ2v) is 6.61. The monoisotopic (exact) mass is 326 g/mol. The highest BCUT2D eigenvalue weighted by atomic mass is 35.5. The normalized spacial score (nSPS) is 13.0. The highest BCUT2D eigenvalue weighted by Gasteiger charge is 2.20. The van der Waals surface area contributed by atoms with E-state index in [1.54, 1.807) is 0 Å². The van der Waals surface area contributed by atoms with Crippen LogP contribution in [0.3, 0.4) is 0 Å². The number of nitrogens with one attached hydrogen (secondary N) is 1. The van der Waals surface area contributed by atoms with Crippen molar-refractivity contribution < 1.29 is 13.5 Å². The number of aliphatic hydroxyl groups is 1. The Hall–Kier alpha value is -1.47. The molecule has 1 aromatic heterocycles. The minimum atomic E-state index is -3.75. The zero-order valence-corrected chi connectivity index (χ0v) is 12.7. The van der Waals surface area contributed by atoms with Crippen LogP contribution in [0.15, 0.2) is 53.6 Å². The van der Waals surface area contributed by atoms with E-state index in [9.17, 15) is 13.5 Å². The summed E-state index contributed by atoms with van der Waals surface area (Å²) in [5.41, 5.74) is 0.937. The molecule has 0 unspecified atom stereocenters. The third-order valence-corrected chi connectivity index (χ3v) is 4.60. The SMILES string of the molecule is O=S(=O)(N[C@H](CO)Cc1ccccc1)c1ccnc(Cl)c1. The molecule has 5 nitrogen and oxygen atoms in total. The number of sulfonamides is 1. The van der Waals surface area contributed by atoms with Gasteiger partial charge in [-0.2, -0.15) is 0 Å². The quantitative estimate of drug-likeness (QED) is 0.791. The molecule has 2 aromatic rings. The summed E-state index contributed by atoms with van der Waals surface area (Å²) in [5.74, 6) is 0. The lowest BCUT2D eigenvalue weighted by atomic mass is 10.1. The van der Waals surface area contributed by atoms with E-state index in [0.717, 1.165) is 5.56 Å². The Kier molecular flexibility index (Phi) is 5.30. The lowest BCUT2D eigenvalue weighted by molar-refractivity contribution is 0.256. The van der Waals surface area contributed by atoms with Gasteiger partial charge in [-0.3, -0.25) is 0 Å². The number of nitrogens with zero attached hydrogens (tertiary/aromatic N) is 1. The van der Waals surface area contributed by atoms with Crippen LogP contribution >= 0.6 is 11.6 Å². The van der Waals surface area contributed by atoms with Gasteiger partial charge < -0.3 is 5.11 Å². The Morgan fingerprint density at radius 1 is 1.24 bits per heavy atom. The fourth-order valence-corrected chi connectivity index (χ4v) is 3.36. The van der Waals surface area contributed by atoms with Crippen molar-refractivity contribution in [1.82, 2.24) is 9.71 Å². The van der Waals surface area contributed by atoms with Crippen LogP contribution < -0.4 is 4.72 Å². The van der Waals surface area contributed by atoms with Gasteiger partial charge in [0.05, 0.1) is 11.5 Å². The van der Waals surface area contributed by atoms with Crippen LogP contribution in [-0.4, -0.2) is 31.2 Å². The molecule has 1 atom stereocenters. The lowest BCUT2D eigenvalue weighted by Gasteiger charge is -2.16. The first-order chi connectivity index (χ1) is 10.0. The molecule has 0 fully saturated rings. The average molecular weight is 327 g/mol. The molecule has 1 heterocycles. The van der Waals surface area contributed by atoms with Gasteiger partial charge in [-0.1, -0.05) is 41.9 Å². The molecule has 0 aliphatic carbocycles. The molecule has 1 aromatic carbocycles. The summed E-state index contributed by atoms with van der Waals surface area (Å²) in [5, 5.41) is 9.49. The number of rotatable bonds is 6. The molecular formula is C14H15ClN2O3S. The molecule has 2 rings (SSSR count). The maximum atomic E-state index is 12.2. The molecule has 0 aliphatic heterocycles. The van der Waals surface area contributed by atoms with Crippen molar-refractivity contribution in [3.63, 3.8) is 0 Å². The summed E-state index contributed by atoms with van der Waals surface area (Å²) in [6.45, 7) is -0.299. The molecule has 0 radical (unpaired) electrons. The Morgan fingerprint density at radius 3 is 2.57 bits per heavy atom. The third kappa shape index (κ3) is 4.50. The number of pyridine rings is 1. The van der Waals surface area contributed by atoms with Crippen molar-refractivity contribution in [3.8, 4) is 0 Å². The zero-order valence-electron chi connectivity index (χ0n) is 11.1. The topological polar surface area (TPSA) is 79.3 Å². The fraction of sp³-hybridized carbons (Fsp3) is 0.214. The molecule has 0 saturated carbocycles. The first-order valence-corrected chi connectivity index (χ1v) is 8.16. The molecule has 21 heavy (non-hydrogen) atoms. The Morgan fingerprint density at radius 2 is 1.95 bits per heavy atom. The van der Waals surface area contributed by atoms with Gasteiger partial charge >= 0.3 is 0 Å². The van der Waals surface area contributed by atoms with E-state index < -0.39 is 16.1 Å². The number of benzene rings is 1. The molecule has 0 saturated heterocycles. The summed E-state index contributed by atoms with van der Waals surface area (Å²) in [7, 11) is -3.75. The van der Waals surface area contributed by atoms with Crippen LogP contribution in [0.4, 0.5) is 0 Å². The van der Waals surface area contributed by atoms with Gasteiger partial charge in [0.1, 0.15) is 5.15 Å². The van der Waals surface area contributed by atoms with E-state index in [-0.39, 0.29) is 16.7 Å². The second-order valence-electron chi connectivity index (χ2n) is 4.50. The first kappa shape index (κ1) is 15.9. The fourth-order valence-electron chi connectivity index (χ4n) is 1.88. The third-order valence-electron chi connectivity index (χ3n) is 2.88. The molecular weight excluding hydrogens is 312 g/mol. The highest BCUT2D eigenvalue weighted by Crippen LogP contribution is 2.14. The molecule has 0 aliphatic rings. The van der Waals surface area contributed by atoms with Crippen LogP contribution in [0.2, 0.25) is 5.15 Å². The van der Waals surface area contributed by atoms with Crippen LogP contribution in [0.5, 0.6) is 0 Å². The van der Waals surface area contributed by atoms with Gasteiger partial charge in [0.2, 0.25) is 10.0 Å². The van der Waals surface area contributed by atoms with Gasteiger partial charge in [0.25, 0.3) is 0 Å². The predicted molar refractivity (Wildman–Crippen MR) is 80.6 cm³/mol. The minimum Gasteiger partial charge on any atom is -0.395 e. The van der Waals surface area contributed by atoms with Gasteiger partial charge in [-0.25, -0.2) is 18.1 Å². The van der Waals surface area contributed by atoms with E-state index in [1.165, 1.54) is 18.3 Å². The average Bonchev–Trinajstić information content (AvgIpc) is 2.47. The minimum absolute atomic E-state index is 0.0222. The summed E-state index contributed by atoms with van der Waals surface area (Å²) in [6.07, 6.45) is 1.72. The van der Waals surface area contributed by atoms with Crippen molar-refractivity contribution in [2.45, 2.75) is 17.4 Å². The molecule has 7 heteroatoms. The number of hydrogen-bond donors (Lipinski definition) is 2. The van der Waals surface area contributed by atoms with Crippen LogP contribution in [-0.2, 0) is 16.4 Å². The highest BCUT2D eigenvalue weighted by molar-refractivity contribution is 7.89. The number of aromatic nitrogens is 1. The zero-order chi connectivity index (χ0) is 15.3. The van der Waals surface area contributed by atoms with Crippen molar-refractivity contribution in [1.29, 1.82) is 0 Å². The molecule has 2 N–H and O–H groups in total. The van der Waals surface area contributed by atoms with E-state index in [2.05, 4.69) is 9.71 Å².